The molecule has 2 N–H and O–H groups in total. The maximum Gasteiger partial charge on any atom is 0.191 e. The minimum atomic E-state index is 0. The molecule has 0 bridgehead atoms. The van der Waals surface area contributed by atoms with E-state index < -0.39 is 0 Å². The summed E-state index contributed by atoms with van der Waals surface area (Å²) in [5.41, 5.74) is 1.17. The Balaban J connectivity index is 0.00000338. The molecule has 2 heterocycles. The zero-order valence-electron chi connectivity index (χ0n) is 16.8. The molecule has 1 saturated heterocycles. The van der Waals surface area contributed by atoms with Crippen molar-refractivity contribution in [1.82, 2.24) is 25.4 Å². The summed E-state index contributed by atoms with van der Waals surface area (Å²) in [6.07, 6.45) is 0. The van der Waals surface area contributed by atoms with Gasteiger partial charge in [-0.05, 0) is 19.4 Å². The number of aliphatic imine (C=N–C) groups is 1. The van der Waals surface area contributed by atoms with E-state index >= 15 is 0 Å². The summed E-state index contributed by atoms with van der Waals surface area (Å²) in [5, 5.41) is 10.1. The Morgan fingerprint density at radius 3 is 2.46 bits per heavy atom. The van der Waals surface area contributed by atoms with Gasteiger partial charge in [0, 0.05) is 51.2 Å². The maximum atomic E-state index is 4.66. The van der Waals surface area contributed by atoms with Gasteiger partial charge in [0.1, 0.15) is 5.01 Å². The number of aromatic nitrogens is 1. The SMILES string of the molecule is CCN1CCN(C(C)CNC(=NC)NCc2nc(C(C)C)cs2)CC1.I. The molecule has 26 heavy (non-hydrogen) atoms. The average molecular weight is 494 g/mol. The van der Waals surface area contributed by atoms with E-state index in [0.717, 1.165) is 43.7 Å². The van der Waals surface area contributed by atoms with Crippen LogP contribution in [0.4, 0.5) is 0 Å². The first-order chi connectivity index (χ1) is 12.0. The Morgan fingerprint density at radius 1 is 1.23 bits per heavy atom. The number of hydrogen-bond acceptors (Lipinski definition) is 5. The van der Waals surface area contributed by atoms with E-state index in [1.165, 1.54) is 18.8 Å². The summed E-state index contributed by atoms with van der Waals surface area (Å²) in [6.45, 7) is 16.3. The lowest BCUT2D eigenvalue weighted by molar-refractivity contribution is 0.107. The monoisotopic (exact) mass is 494 g/mol. The Bertz CT molecular complexity index is 540. The Hall–Kier alpha value is -0.450. The highest BCUT2D eigenvalue weighted by Crippen LogP contribution is 2.17. The second-order valence-electron chi connectivity index (χ2n) is 6.95. The molecule has 0 spiro atoms. The van der Waals surface area contributed by atoms with Crippen LogP contribution < -0.4 is 10.6 Å². The van der Waals surface area contributed by atoms with Gasteiger partial charge in [-0.15, -0.1) is 35.3 Å². The van der Waals surface area contributed by atoms with Gasteiger partial charge in [-0.2, -0.15) is 0 Å². The number of halogens is 1. The standard InChI is InChI=1S/C18H34N6S.HI/c1-6-23-7-9-24(10-8-23)15(4)11-20-18(19-5)21-12-17-22-16(13-25-17)14(2)3;/h13-15H,6-12H2,1-5H3,(H2,19,20,21);1H. The third-order valence-corrected chi connectivity index (χ3v) is 5.70. The molecule has 1 aromatic heterocycles. The average Bonchev–Trinajstić information content (AvgIpc) is 3.11. The highest BCUT2D eigenvalue weighted by molar-refractivity contribution is 14.0. The number of piperazine rings is 1. The number of nitrogens with zero attached hydrogens (tertiary/aromatic N) is 4. The van der Waals surface area contributed by atoms with Gasteiger partial charge in [-0.3, -0.25) is 9.89 Å². The van der Waals surface area contributed by atoms with E-state index in [4.69, 9.17) is 0 Å². The predicted octanol–water partition coefficient (Wildman–Crippen LogP) is 2.58. The van der Waals surface area contributed by atoms with E-state index in [1.54, 1.807) is 11.3 Å². The van der Waals surface area contributed by atoms with Crippen LogP contribution in [-0.4, -0.2) is 73.1 Å². The molecule has 0 radical (unpaired) electrons. The number of hydrogen-bond donors (Lipinski definition) is 2. The molecule has 2 rings (SSSR count). The molecule has 1 aliphatic heterocycles. The minimum absolute atomic E-state index is 0. The molecule has 0 aliphatic carbocycles. The minimum Gasteiger partial charge on any atom is -0.355 e. The zero-order valence-corrected chi connectivity index (χ0v) is 19.9. The van der Waals surface area contributed by atoms with Crippen molar-refractivity contribution in [2.45, 2.75) is 46.2 Å². The molecule has 1 aromatic rings. The van der Waals surface area contributed by atoms with Gasteiger partial charge in [0.15, 0.2) is 5.96 Å². The Kier molecular flexibility index (Phi) is 11.0. The van der Waals surface area contributed by atoms with Crippen molar-refractivity contribution in [3.8, 4) is 0 Å². The fraction of sp³-hybridized carbons (Fsp3) is 0.778. The first kappa shape index (κ1) is 23.6. The summed E-state index contributed by atoms with van der Waals surface area (Å²) in [5.74, 6) is 1.33. The van der Waals surface area contributed by atoms with E-state index in [1.807, 2.05) is 7.05 Å². The van der Waals surface area contributed by atoms with Crippen LogP contribution in [0.5, 0.6) is 0 Å². The molecule has 1 aliphatic rings. The van der Waals surface area contributed by atoms with Crippen LogP contribution in [0.25, 0.3) is 0 Å². The van der Waals surface area contributed by atoms with Crippen molar-refractivity contribution in [2.24, 2.45) is 4.99 Å². The number of thiazole rings is 1. The van der Waals surface area contributed by atoms with Gasteiger partial charge in [-0.1, -0.05) is 20.8 Å². The Labute approximate surface area is 179 Å². The first-order valence-corrected chi connectivity index (χ1v) is 10.3. The molecule has 1 atom stereocenters. The molecule has 1 unspecified atom stereocenters. The van der Waals surface area contributed by atoms with Crippen molar-refractivity contribution < 1.29 is 0 Å². The van der Waals surface area contributed by atoms with Gasteiger partial charge in [0.25, 0.3) is 0 Å². The van der Waals surface area contributed by atoms with Crippen LogP contribution in [0, 0.1) is 0 Å². The molecule has 6 nitrogen and oxygen atoms in total. The molecule has 0 saturated carbocycles. The quantitative estimate of drug-likeness (QED) is 0.347. The molecule has 1 fully saturated rings. The summed E-state index contributed by atoms with van der Waals surface area (Å²) in [6, 6.07) is 0.505. The van der Waals surface area contributed by atoms with Gasteiger partial charge >= 0.3 is 0 Å². The number of nitrogens with one attached hydrogen (secondary N) is 2. The number of likely N-dealkylation sites (N-methyl/N-ethyl adjacent to an activating group) is 1. The Morgan fingerprint density at radius 2 is 1.92 bits per heavy atom. The first-order valence-electron chi connectivity index (χ1n) is 9.38. The largest absolute Gasteiger partial charge is 0.355 e. The fourth-order valence-electron chi connectivity index (χ4n) is 2.95. The van der Waals surface area contributed by atoms with Crippen LogP contribution in [0.1, 0.15) is 44.3 Å². The van der Waals surface area contributed by atoms with Gasteiger partial charge in [-0.25, -0.2) is 4.98 Å². The summed E-state index contributed by atoms with van der Waals surface area (Å²) >= 11 is 1.71. The van der Waals surface area contributed by atoms with Crippen molar-refractivity contribution in [2.75, 3.05) is 46.3 Å². The summed E-state index contributed by atoms with van der Waals surface area (Å²) < 4.78 is 0. The van der Waals surface area contributed by atoms with E-state index in [9.17, 15) is 0 Å². The maximum absolute atomic E-state index is 4.66. The fourth-order valence-corrected chi connectivity index (χ4v) is 3.84. The third kappa shape index (κ3) is 7.28. The zero-order chi connectivity index (χ0) is 18.2. The predicted molar refractivity (Wildman–Crippen MR) is 123 cm³/mol. The molecule has 150 valence electrons. The van der Waals surface area contributed by atoms with Crippen LogP contribution in [0.3, 0.4) is 0 Å². The highest BCUT2D eigenvalue weighted by atomic mass is 127. The topological polar surface area (TPSA) is 55.8 Å². The van der Waals surface area contributed by atoms with Crippen molar-refractivity contribution in [3.63, 3.8) is 0 Å². The van der Waals surface area contributed by atoms with Gasteiger partial charge < -0.3 is 15.5 Å². The van der Waals surface area contributed by atoms with Gasteiger partial charge in [0.2, 0.25) is 0 Å². The second kappa shape index (κ2) is 12.1. The van der Waals surface area contributed by atoms with Crippen LogP contribution >= 0.6 is 35.3 Å². The van der Waals surface area contributed by atoms with Crippen molar-refractivity contribution >= 4 is 41.3 Å². The van der Waals surface area contributed by atoms with E-state index in [0.29, 0.717) is 12.0 Å². The lowest BCUT2D eigenvalue weighted by atomic mass is 10.2. The molecule has 8 heteroatoms. The summed E-state index contributed by atoms with van der Waals surface area (Å²) in [7, 11) is 1.82. The highest BCUT2D eigenvalue weighted by Gasteiger charge is 2.20. The molecule has 0 aromatic carbocycles. The van der Waals surface area contributed by atoms with Crippen LogP contribution in [-0.2, 0) is 6.54 Å². The normalized spacial score (nSPS) is 17.8. The lowest BCUT2D eigenvalue weighted by Crippen LogP contribution is -2.53. The number of guanidine groups is 1. The van der Waals surface area contributed by atoms with E-state index in [2.05, 4.69) is 63.5 Å². The van der Waals surface area contributed by atoms with E-state index in [-0.39, 0.29) is 24.0 Å². The smallest absolute Gasteiger partial charge is 0.191 e. The van der Waals surface area contributed by atoms with Crippen LogP contribution in [0.2, 0.25) is 0 Å². The van der Waals surface area contributed by atoms with Crippen molar-refractivity contribution in [3.05, 3.63) is 16.1 Å². The van der Waals surface area contributed by atoms with Gasteiger partial charge in [0.05, 0.1) is 12.2 Å². The number of rotatable bonds is 7. The second-order valence-corrected chi connectivity index (χ2v) is 7.89. The molecular formula is C18H35IN6S. The van der Waals surface area contributed by atoms with Crippen molar-refractivity contribution in [1.29, 1.82) is 0 Å². The summed E-state index contributed by atoms with van der Waals surface area (Å²) in [4.78, 5) is 14.1. The molecular weight excluding hydrogens is 459 g/mol. The lowest BCUT2D eigenvalue weighted by Gasteiger charge is -2.37. The molecule has 0 amide bonds. The third-order valence-electron chi connectivity index (χ3n) is 4.83. The van der Waals surface area contributed by atoms with Crippen LogP contribution in [0.15, 0.2) is 10.4 Å².